The lowest BCUT2D eigenvalue weighted by Gasteiger charge is -2.18. The lowest BCUT2D eigenvalue weighted by Crippen LogP contribution is -2.11. The number of halogens is 3. The highest BCUT2D eigenvalue weighted by Crippen LogP contribution is 2.45. The Morgan fingerprint density at radius 2 is 0.605 bits per heavy atom. The van der Waals surface area contributed by atoms with Gasteiger partial charge in [0.15, 0.2) is 17.5 Å². The van der Waals surface area contributed by atoms with Crippen LogP contribution in [0.2, 0.25) is 0 Å². The summed E-state index contributed by atoms with van der Waals surface area (Å²) in [5.41, 5.74) is 15.1. The second-order valence-corrected chi connectivity index (χ2v) is 21.4. The molecule has 0 saturated carbocycles. The number of hydrogen-bond acceptors (Lipinski definition) is 4. The fraction of sp³-hybridized carbons (Fsp3) is 0.0130. The van der Waals surface area contributed by atoms with Gasteiger partial charge in [0.2, 0.25) is 0 Å². The first-order valence-electron chi connectivity index (χ1n) is 28.3. The molecule has 15 aromatic rings. The van der Waals surface area contributed by atoms with Gasteiger partial charge >= 0.3 is 6.18 Å². The van der Waals surface area contributed by atoms with Crippen LogP contribution in [0.1, 0.15) is 11.1 Å². The van der Waals surface area contributed by atoms with Crippen molar-refractivity contribution in [2.45, 2.75) is 6.18 Å². The highest BCUT2D eigenvalue weighted by molar-refractivity contribution is 6.13. The maximum Gasteiger partial charge on any atom is 0.418 e. The Morgan fingerprint density at radius 3 is 0.977 bits per heavy atom. The molecule has 0 aliphatic carbocycles. The van der Waals surface area contributed by atoms with E-state index in [1.807, 2.05) is 176 Å². The van der Waals surface area contributed by atoms with E-state index in [4.69, 9.17) is 15.0 Å². The molecular formula is C77H47F3N6. The standard InChI is InChI=1S/C77H47F3N6/c78-77(79,80)67-47-61(35-41-73(67)86-71-38-32-58(52-20-10-3-11-21-52)44-65(71)66-45-59(33-39-72(66)86)53-22-12-4-13-23-53)76-83-74(55-24-14-5-15-25-55)82-75(84-76)60-34-40-68(62(46-60)54-28-26-49(48-81)27-29-54)85-69-36-30-56(50-16-6-1-7-17-50)42-63(69)64-43-57(31-37-70(64)85)51-18-8-2-9-19-51/h1-47H. The van der Waals surface area contributed by atoms with Crippen molar-refractivity contribution in [3.63, 3.8) is 0 Å². The summed E-state index contributed by atoms with van der Waals surface area (Å²) in [6, 6.07) is 95.3. The Kier molecular flexibility index (Phi) is 12.6. The zero-order chi connectivity index (χ0) is 57.9. The quantitative estimate of drug-likeness (QED) is 0.137. The molecule has 0 saturated heterocycles. The van der Waals surface area contributed by atoms with E-state index in [-0.39, 0.29) is 22.9 Å². The number of nitrogens with zero attached hydrogens (tertiary/aromatic N) is 6. The number of rotatable bonds is 10. The summed E-state index contributed by atoms with van der Waals surface area (Å²) in [5, 5.41) is 13.7. The van der Waals surface area contributed by atoms with Crippen LogP contribution in [0.5, 0.6) is 0 Å². The third-order valence-electron chi connectivity index (χ3n) is 16.2. The summed E-state index contributed by atoms with van der Waals surface area (Å²) in [5.74, 6) is 0.632. The second kappa shape index (κ2) is 21.1. The minimum Gasteiger partial charge on any atom is -0.309 e. The van der Waals surface area contributed by atoms with Crippen molar-refractivity contribution >= 4 is 43.6 Å². The number of fused-ring (bicyclic) bond motifs is 6. The predicted molar refractivity (Wildman–Crippen MR) is 342 cm³/mol. The summed E-state index contributed by atoms with van der Waals surface area (Å²) in [6.07, 6.45) is -4.80. The number of benzene rings is 12. The first kappa shape index (κ1) is 51.4. The zero-order valence-corrected chi connectivity index (χ0v) is 46.0. The smallest absolute Gasteiger partial charge is 0.309 e. The molecule has 0 atom stereocenters. The SMILES string of the molecule is N#Cc1ccc(-c2cc(-c3nc(-c4ccccc4)nc(-c4ccc(-n5c6ccc(-c7ccccc7)cc6c6cc(-c7ccccc7)ccc65)c(C(F)(F)F)c4)n3)ccc2-n2c3ccc(-c4ccccc4)cc3c3cc(-c4ccccc4)ccc32)cc1. The van der Waals surface area contributed by atoms with Gasteiger partial charge in [0.25, 0.3) is 0 Å². The fourth-order valence-corrected chi connectivity index (χ4v) is 12.1. The largest absolute Gasteiger partial charge is 0.418 e. The molecule has 0 fully saturated rings. The average molecular weight is 1110 g/mol. The van der Waals surface area contributed by atoms with Crippen molar-refractivity contribution in [1.82, 2.24) is 24.1 Å². The van der Waals surface area contributed by atoms with Crippen molar-refractivity contribution < 1.29 is 13.2 Å². The third kappa shape index (κ3) is 9.23. The molecule has 0 amide bonds. The highest BCUT2D eigenvalue weighted by Gasteiger charge is 2.36. The van der Waals surface area contributed by atoms with Crippen molar-refractivity contribution in [1.29, 1.82) is 5.26 Å². The Balaban J connectivity index is 0.913. The van der Waals surface area contributed by atoms with Crippen LogP contribution in [-0.2, 0) is 6.18 Å². The summed E-state index contributed by atoms with van der Waals surface area (Å²) in [7, 11) is 0. The third-order valence-corrected chi connectivity index (χ3v) is 16.2. The average Bonchev–Trinajstić information content (AvgIpc) is 1.70. The van der Waals surface area contributed by atoms with Gasteiger partial charge in [0, 0.05) is 43.8 Å². The van der Waals surface area contributed by atoms with Crippen LogP contribution < -0.4 is 0 Å². The van der Waals surface area contributed by atoms with E-state index in [1.165, 1.54) is 6.07 Å². The molecule has 406 valence electrons. The number of hydrogen-bond donors (Lipinski definition) is 0. The predicted octanol–water partition coefficient (Wildman–Crippen LogP) is 20.3. The Hall–Kier alpha value is -11.5. The molecule has 3 heterocycles. The molecule has 3 aromatic heterocycles. The van der Waals surface area contributed by atoms with E-state index in [9.17, 15) is 5.26 Å². The molecule has 0 unspecified atom stereocenters. The van der Waals surface area contributed by atoms with E-state index in [1.54, 1.807) is 22.8 Å². The van der Waals surface area contributed by atoms with Crippen molar-refractivity contribution in [2.75, 3.05) is 0 Å². The molecular weight excluding hydrogens is 1070 g/mol. The minimum absolute atomic E-state index is 0.0287. The number of nitriles is 1. The van der Waals surface area contributed by atoms with Gasteiger partial charge in [-0.25, -0.2) is 15.0 Å². The van der Waals surface area contributed by atoms with Crippen molar-refractivity contribution in [3.05, 3.63) is 296 Å². The van der Waals surface area contributed by atoms with Crippen molar-refractivity contribution in [2.24, 2.45) is 0 Å². The normalized spacial score (nSPS) is 11.7. The van der Waals surface area contributed by atoms with Crippen LogP contribution in [-0.4, -0.2) is 24.1 Å². The minimum atomic E-state index is -4.80. The highest BCUT2D eigenvalue weighted by atomic mass is 19.4. The van der Waals surface area contributed by atoms with Gasteiger partial charge in [-0.1, -0.05) is 188 Å². The maximum atomic E-state index is 16.1. The van der Waals surface area contributed by atoms with Crippen LogP contribution in [0.25, 0.3) is 145 Å². The lowest BCUT2D eigenvalue weighted by atomic mass is 9.98. The Bertz CT molecular complexity index is 4940. The van der Waals surface area contributed by atoms with Crippen LogP contribution in [0, 0.1) is 11.3 Å². The number of aromatic nitrogens is 5. The van der Waals surface area contributed by atoms with E-state index in [2.05, 4.69) is 89.5 Å². The van der Waals surface area contributed by atoms with E-state index in [0.29, 0.717) is 33.5 Å². The van der Waals surface area contributed by atoms with Gasteiger partial charge in [-0.2, -0.15) is 18.4 Å². The zero-order valence-electron chi connectivity index (χ0n) is 46.0. The van der Waals surface area contributed by atoms with Crippen LogP contribution in [0.15, 0.2) is 285 Å². The van der Waals surface area contributed by atoms with E-state index < -0.39 is 11.7 Å². The molecule has 12 aromatic carbocycles. The maximum absolute atomic E-state index is 16.1. The molecule has 15 rings (SSSR count). The van der Waals surface area contributed by atoms with Gasteiger partial charge in [0.05, 0.1) is 50.6 Å². The molecule has 9 heteroatoms. The first-order valence-corrected chi connectivity index (χ1v) is 28.3. The molecule has 0 bridgehead atoms. The van der Waals surface area contributed by atoms with E-state index >= 15 is 13.2 Å². The lowest BCUT2D eigenvalue weighted by molar-refractivity contribution is -0.137. The van der Waals surface area contributed by atoms with Gasteiger partial charge in [-0.05, 0) is 147 Å². The molecule has 86 heavy (non-hydrogen) atoms. The van der Waals surface area contributed by atoms with Crippen LogP contribution >= 0.6 is 0 Å². The van der Waals surface area contributed by atoms with Gasteiger partial charge in [-0.3, -0.25) is 0 Å². The van der Waals surface area contributed by atoms with Crippen molar-refractivity contribution in [3.8, 4) is 107 Å². The molecule has 0 spiro atoms. The van der Waals surface area contributed by atoms with E-state index in [0.717, 1.165) is 100.0 Å². The van der Waals surface area contributed by atoms with Gasteiger partial charge < -0.3 is 9.13 Å². The van der Waals surface area contributed by atoms with Gasteiger partial charge in [0.1, 0.15) is 0 Å². The first-order chi connectivity index (χ1) is 42.2. The second-order valence-electron chi connectivity index (χ2n) is 21.4. The molecule has 6 nitrogen and oxygen atoms in total. The summed E-state index contributed by atoms with van der Waals surface area (Å²) >= 11 is 0. The summed E-state index contributed by atoms with van der Waals surface area (Å²) in [4.78, 5) is 15.1. The fourth-order valence-electron chi connectivity index (χ4n) is 12.1. The van der Waals surface area contributed by atoms with Gasteiger partial charge in [-0.15, -0.1) is 0 Å². The summed E-state index contributed by atoms with van der Waals surface area (Å²) < 4.78 is 52.3. The molecule has 0 aliphatic heterocycles. The van der Waals surface area contributed by atoms with Crippen LogP contribution in [0.3, 0.4) is 0 Å². The Morgan fingerprint density at radius 1 is 0.291 bits per heavy atom. The van der Waals surface area contributed by atoms with Crippen LogP contribution in [0.4, 0.5) is 13.2 Å². The molecule has 0 N–H and O–H groups in total. The Labute approximate surface area is 493 Å². The topological polar surface area (TPSA) is 72.3 Å². The monoisotopic (exact) mass is 1110 g/mol. The number of alkyl halides is 3. The molecule has 0 radical (unpaired) electrons. The molecule has 0 aliphatic rings. The summed E-state index contributed by atoms with van der Waals surface area (Å²) in [6.45, 7) is 0.